The van der Waals surface area contributed by atoms with Crippen molar-refractivity contribution in [1.29, 1.82) is 0 Å². The van der Waals surface area contributed by atoms with Crippen LogP contribution in [-0.2, 0) is 0 Å². The zero-order valence-electron chi connectivity index (χ0n) is 13.3. The molecule has 124 valence electrons. The van der Waals surface area contributed by atoms with Gasteiger partial charge in [0.1, 0.15) is 11.0 Å². The molecular weight excluding hydrogens is 358 g/mol. The number of rotatable bonds is 2. The van der Waals surface area contributed by atoms with Crippen LogP contribution in [0.1, 0.15) is 5.56 Å². The standard InChI is InChI=1S/C20H13Cl2FN2/c1-11-7-19(22)24-10-14(11)12-5-6-17-13(8-12)9-18(25-17)20-15(21)3-2-4-16(20)23/h2-10,25H,1H3. The minimum Gasteiger partial charge on any atom is -0.354 e. The van der Waals surface area contributed by atoms with Crippen LogP contribution in [0, 0.1) is 12.7 Å². The van der Waals surface area contributed by atoms with Gasteiger partial charge in [0.25, 0.3) is 0 Å². The van der Waals surface area contributed by atoms with E-state index < -0.39 is 0 Å². The largest absolute Gasteiger partial charge is 0.354 e. The van der Waals surface area contributed by atoms with E-state index in [0.717, 1.165) is 27.6 Å². The molecule has 0 aliphatic heterocycles. The van der Waals surface area contributed by atoms with E-state index in [9.17, 15) is 4.39 Å². The van der Waals surface area contributed by atoms with Crippen LogP contribution in [-0.4, -0.2) is 9.97 Å². The zero-order valence-corrected chi connectivity index (χ0v) is 14.8. The molecule has 25 heavy (non-hydrogen) atoms. The van der Waals surface area contributed by atoms with Gasteiger partial charge in [0.15, 0.2) is 0 Å². The van der Waals surface area contributed by atoms with Crippen molar-refractivity contribution in [2.45, 2.75) is 6.92 Å². The van der Waals surface area contributed by atoms with Gasteiger partial charge in [-0.2, -0.15) is 0 Å². The smallest absolute Gasteiger partial charge is 0.134 e. The Bertz CT molecular complexity index is 1080. The molecule has 5 heteroatoms. The lowest BCUT2D eigenvalue weighted by atomic mass is 10.0. The third-order valence-electron chi connectivity index (χ3n) is 4.24. The number of halogens is 3. The summed E-state index contributed by atoms with van der Waals surface area (Å²) in [6, 6.07) is 14.4. The Morgan fingerprint density at radius 1 is 1.04 bits per heavy atom. The van der Waals surface area contributed by atoms with Crippen LogP contribution in [0.5, 0.6) is 0 Å². The molecule has 0 bridgehead atoms. The number of fused-ring (bicyclic) bond motifs is 1. The van der Waals surface area contributed by atoms with Crippen LogP contribution in [0.3, 0.4) is 0 Å². The summed E-state index contributed by atoms with van der Waals surface area (Å²) in [6.45, 7) is 1.99. The Hall–Kier alpha value is -2.36. The normalized spacial score (nSPS) is 11.2. The number of hydrogen-bond donors (Lipinski definition) is 1. The van der Waals surface area contributed by atoms with E-state index in [4.69, 9.17) is 23.2 Å². The van der Waals surface area contributed by atoms with E-state index in [1.165, 1.54) is 6.07 Å². The number of nitrogens with one attached hydrogen (secondary N) is 1. The van der Waals surface area contributed by atoms with Gasteiger partial charge in [-0.15, -0.1) is 0 Å². The highest BCUT2D eigenvalue weighted by Crippen LogP contribution is 2.34. The molecule has 0 saturated carbocycles. The van der Waals surface area contributed by atoms with Crippen LogP contribution in [0.4, 0.5) is 4.39 Å². The van der Waals surface area contributed by atoms with E-state index in [2.05, 4.69) is 9.97 Å². The van der Waals surface area contributed by atoms with Gasteiger partial charge in [-0.05, 0) is 54.4 Å². The predicted molar refractivity (Wildman–Crippen MR) is 102 cm³/mol. The molecule has 0 unspecified atom stereocenters. The average Bonchev–Trinajstić information content (AvgIpc) is 2.97. The lowest BCUT2D eigenvalue weighted by Gasteiger charge is -2.06. The summed E-state index contributed by atoms with van der Waals surface area (Å²) in [5.41, 5.74) is 5.04. The average molecular weight is 371 g/mol. The van der Waals surface area contributed by atoms with Gasteiger partial charge in [0.2, 0.25) is 0 Å². The molecule has 0 atom stereocenters. The number of aromatic amines is 1. The lowest BCUT2D eigenvalue weighted by molar-refractivity contribution is 0.631. The summed E-state index contributed by atoms with van der Waals surface area (Å²) in [7, 11) is 0. The Balaban J connectivity index is 1.85. The van der Waals surface area contributed by atoms with Crippen LogP contribution < -0.4 is 0 Å². The fraction of sp³-hybridized carbons (Fsp3) is 0.0500. The first-order valence-electron chi connectivity index (χ1n) is 7.72. The molecule has 2 aromatic heterocycles. The fourth-order valence-corrected chi connectivity index (χ4v) is 3.49. The van der Waals surface area contributed by atoms with E-state index in [1.54, 1.807) is 18.3 Å². The predicted octanol–water partition coefficient (Wildman–Crippen LogP) is 6.65. The Morgan fingerprint density at radius 3 is 2.64 bits per heavy atom. The Labute approximate surface area is 154 Å². The molecule has 0 aliphatic carbocycles. The van der Waals surface area contributed by atoms with Gasteiger partial charge in [0, 0.05) is 22.7 Å². The van der Waals surface area contributed by atoms with Crippen molar-refractivity contribution in [3.8, 4) is 22.4 Å². The fourth-order valence-electron chi connectivity index (χ4n) is 3.01. The van der Waals surface area contributed by atoms with Gasteiger partial charge in [-0.1, -0.05) is 35.3 Å². The number of aryl methyl sites for hydroxylation is 1. The van der Waals surface area contributed by atoms with Crippen molar-refractivity contribution < 1.29 is 4.39 Å². The Morgan fingerprint density at radius 2 is 1.88 bits per heavy atom. The van der Waals surface area contributed by atoms with Gasteiger partial charge in [0.05, 0.1) is 16.3 Å². The maximum atomic E-state index is 14.2. The summed E-state index contributed by atoms with van der Waals surface area (Å²) in [5, 5.41) is 1.83. The third-order valence-corrected chi connectivity index (χ3v) is 4.76. The monoisotopic (exact) mass is 370 g/mol. The first-order chi connectivity index (χ1) is 12.0. The van der Waals surface area contributed by atoms with Gasteiger partial charge in [-0.25, -0.2) is 9.37 Å². The van der Waals surface area contributed by atoms with Crippen molar-refractivity contribution in [2.24, 2.45) is 0 Å². The number of pyridine rings is 1. The maximum Gasteiger partial charge on any atom is 0.134 e. The van der Waals surface area contributed by atoms with Gasteiger partial charge >= 0.3 is 0 Å². The topological polar surface area (TPSA) is 28.7 Å². The van der Waals surface area contributed by atoms with E-state index >= 15 is 0 Å². The van der Waals surface area contributed by atoms with E-state index in [-0.39, 0.29) is 5.82 Å². The first-order valence-corrected chi connectivity index (χ1v) is 8.48. The summed E-state index contributed by atoms with van der Waals surface area (Å²) in [6.07, 6.45) is 1.76. The second-order valence-corrected chi connectivity index (χ2v) is 6.70. The summed E-state index contributed by atoms with van der Waals surface area (Å²) >= 11 is 12.1. The SMILES string of the molecule is Cc1cc(Cl)ncc1-c1ccc2[nH]c(-c3c(F)cccc3Cl)cc2c1. The highest BCUT2D eigenvalue weighted by atomic mass is 35.5. The second-order valence-electron chi connectivity index (χ2n) is 5.90. The summed E-state index contributed by atoms with van der Waals surface area (Å²) < 4.78 is 14.2. The van der Waals surface area contributed by atoms with Crippen LogP contribution in [0.2, 0.25) is 10.2 Å². The molecule has 1 N–H and O–H groups in total. The molecule has 0 saturated heterocycles. The lowest BCUT2D eigenvalue weighted by Crippen LogP contribution is -1.86. The molecule has 0 amide bonds. The molecule has 2 nitrogen and oxygen atoms in total. The molecular formula is C20H13Cl2FN2. The number of nitrogens with zero attached hydrogens (tertiary/aromatic N) is 1. The van der Waals surface area contributed by atoms with E-state index in [0.29, 0.717) is 21.4 Å². The van der Waals surface area contributed by atoms with Crippen molar-refractivity contribution in [3.63, 3.8) is 0 Å². The highest BCUT2D eigenvalue weighted by Gasteiger charge is 2.13. The molecule has 0 aliphatic rings. The number of hydrogen-bond acceptors (Lipinski definition) is 1. The number of benzene rings is 2. The van der Waals surface area contributed by atoms with Crippen LogP contribution in [0.15, 0.2) is 54.7 Å². The van der Waals surface area contributed by atoms with Crippen molar-refractivity contribution in [1.82, 2.24) is 9.97 Å². The van der Waals surface area contributed by atoms with Crippen molar-refractivity contribution in [2.75, 3.05) is 0 Å². The van der Waals surface area contributed by atoms with Crippen molar-refractivity contribution in [3.05, 3.63) is 76.3 Å². The summed E-state index contributed by atoms with van der Waals surface area (Å²) in [5.74, 6) is -0.350. The van der Waals surface area contributed by atoms with Crippen molar-refractivity contribution >= 4 is 34.1 Å². The second kappa shape index (κ2) is 6.17. The molecule has 0 radical (unpaired) electrons. The molecule has 0 spiro atoms. The summed E-state index contributed by atoms with van der Waals surface area (Å²) in [4.78, 5) is 7.40. The quantitative estimate of drug-likeness (QED) is 0.393. The highest BCUT2D eigenvalue weighted by molar-refractivity contribution is 6.33. The molecule has 2 heterocycles. The maximum absolute atomic E-state index is 14.2. The van der Waals surface area contributed by atoms with E-state index in [1.807, 2.05) is 37.3 Å². The van der Waals surface area contributed by atoms with Crippen LogP contribution >= 0.6 is 23.2 Å². The minimum atomic E-state index is -0.350. The third kappa shape index (κ3) is 2.90. The number of H-pyrrole nitrogens is 1. The Kier molecular flexibility index (Phi) is 3.98. The molecule has 4 aromatic rings. The molecule has 2 aromatic carbocycles. The molecule has 4 rings (SSSR count). The number of aromatic nitrogens is 2. The first kappa shape index (κ1) is 16.1. The molecule has 0 fully saturated rings. The zero-order chi connectivity index (χ0) is 17.6. The van der Waals surface area contributed by atoms with Gasteiger partial charge < -0.3 is 4.98 Å². The minimum absolute atomic E-state index is 0.350. The van der Waals surface area contributed by atoms with Gasteiger partial charge in [-0.3, -0.25) is 0 Å². The van der Waals surface area contributed by atoms with Crippen LogP contribution in [0.25, 0.3) is 33.3 Å².